The van der Waals surface area contributed by atoms with Gasteiger partial charge >= 0.3 is 0 Å². The van der Waals surface area contributed by atoms with Crippen molar-refractivity contribution in [2.24, 2.45) is 0 Å². The Kier molecular flexibility index (Phi) is 4.72. The SMILES string of the molecule is Cc1ccc(NC(=O)CN(C)S(C)(=O)=O)cc1Cl. The third kappa shape index (κ3) is 4.29. The van der Waals surface area contributed by atoms with E-state index in [0.717, 1.165) is 16.1 Å². The number of nitrogens with one attached hydrogen (secondary N) is 1. The number of sulfonamides is 1. The molecular weight excluding hydrogens is 276 g/mol. The molecule has 0 heterocycles. The molecule has 100 valence electrons. The summed E-state index contributed by atoms with van der Waals surface area (Å²) in [6, 6.07) is 5.10. The van der Waals surface area contributed by atoms with Crippen molar-refractivity contribution in [3.05, 3.63) is 28.8 Å². The second-order valence-electron chi connectivity index (χ2n) is 4.03. The van der Waals surface area contributed by atoms with E-state index in [1.807, 2.05) is 6.92 Å². The van der Waals surface area contributed by atoms with Gasteiger partial charge in [-0.2, -0.15) is 4.31 Å². The number of amides is 1. The van der Waals surface area contributed by atoms with Crippen molar-refractivity contribution in [3.8, 4) is 0 Å². The normalized spacial score (nSPS) is 11.6. The number of anilines is 1. The minimum absolute atomic E-state index is 0.232. The Morgan fingerprint density at radius 3 is 2.56 bits per heavy atom. The van der Waals surface area contributed by atoms with Gasteiger partial charge in [0.25, 0.3) is 0 Å². The average Bonchev–Trinajstić information content (AvgIpc) is 2.22. The molecule has 1 rings (SSSR count). The molecule has 18 heavy (non-hydrogen) atoms. The molecule has 5 nitrogen and oxygen atoms in total. The van der Waals surface area contributed by atoms with E-state index in [1.54, 1.807) is 18.2 Å². The van der Waals surface area contributed by atoms with E-state index in [0.29, 0.717) is 10.7 Å². The molecule has 0 saturated carbocycles. The summed E-state index contributed by atoms with van der Waals surface area (Å²) in [4.78, 5) is 11.6. The van der Waals surface area contributed by atoms with E-state index in [-0.39, 0.29) is 6.54 Å². The smallest absolute Gasteiger partial charge is 0.239 e. The highest BCUT2D eigenvalue weighted by Crippen LogP contribution is 2.19. The molecule has 0 saturated heterocycles. The Labute approximate surface area is 112 Å². The van der Waals surface area contributed by atoms with Gasteiger partial charge in [0.15, 0.2) is 0 Å². The van der Waals surface area contributed by atoms with Crippen molar-refractivity contribution in [3.63, 3.8) is 0 Å². The zero-order valence-electron chi connectivity index (χ0n) is 10.4. The summed E-state index contributed by atoms with van der Waals surface area (Å²) in [7, 11) is -2.01. The lowest BCUT2D eigenvalue weighted by atomic mass is 10.2. The first-order valence-electron chi connectivity index (χ1n) is 5.17. The molecule has 1 N–H and O–H groups in total. The van der Waals surface area contributed by atoms with Gasteiger partial charge in [-0.3, -0.25) is 4.79 Å². The van der Waals surface area contributed by atoms with Crippen LogP contribution in [0.1, 0.15) is 5.56 Å². The first-order chi connectivity index (χ1) is 8.20. The fraction of sp³-hybridized carbons (Fsp3) is 0.364. The molecule has 1 aromatic rings. The van der Waals surface area contributed by atoms with Crippen LogP contribution in [0.3, 0.4) is 0 Å². The standard InChI is InChI=1S/C11H15ClN2O3S/c1-8-4-5-9(6-10(8)12)13-11(15)7-14(2)18(3,16)17/h4-6H,7H2,1-3H3,(H,13,15). The fourth-order valence-corrected chi connectivity index (χ4v) is 1.72. The number of hydrogen-bond donors (Lipinski definition) is 1. The molecule has 0 aliphatic rings. The molecule has 0 atom stereocenters. The molecule has 1 amide bonds. The molecular formula is C11H15ClN2O3S. The summed E-state index contributed by atoms with van der Waals surface area (Å²) in [5.74, 6) is -0.414. The van der Waals surface area contributed by atoms with Crippen molar-refractivity contribution in [1.29, 1.82) is 0 Å². The van der Waals surface area contributed by atoms with Crippen molar-refractivity contribution < 1.29 is 13.2 Å². The maximum atomic E-state index is 11.6. The minimum atomic E-state index is -3.36. The predicted molar refractivity (Wildman–Crippen MR) is 72.3 cm³/mol. The van der Waals surface area contributed by atoms with Gasteiger partial charge in [-0.05, 0) is 24.6 Å². The summed E-state index contributed by atoms with van der Waals surface area (Å²) in [6.07, 6.45) is 1.04. The largest absolute Gasteiger partial charge is 0.325 e. The summed E-state index contributed by atoms with van der Waals surface area (Å²) >= 11 is 5.92. The predicted octanol–water partition coefficient (Wildman–Crippen LogP) is 1.48. The van der Waals surface area contributed by atoms with Crippen LogP contribution in [0, 0.1) is 6.92 Å². The Morgan fingerprint density at radius 2 is 2.06 bits per heavy atom. The second kappa shape index (κ2) is 5.69. The summed E-state index contributed by atoms with van der Waals surface area (Å²) in [5, 5.41) is 3.13. The van der Waals surface area contributed by atoms with Crippen LogP contribution in [0.25, 0.3) is 0 Å². The topological polar surface area (TPSA) is 66.5 Å². The second-order valence-corrected chi connectivity index (χ2v) is 6.53. The molecule has 0 aromatic heterocycles. The minimum Gasteiger partial charge on any atom is -0.325 e. The van der Waals surface area contributed by atoms with Crippen LogP contribution < -0.4 is 5.32 Å². The van der Waals surface area contributed by atoms with Gasteiger partial charge < -0.3 is 5.32 Å². The number of likely N-dealkylation sites (N-methyl/N-ethyl adjacent to an activating group) is 1. The van der Waals surface area contributed by atoms with Crippen LogP contribution in [-0.2, 0) is 14.8 Å². The van der Waals surface area contributed by atoms with Crippen molar-refractivity contribution >= 4 is 33.2 Å². The van der Waals surface area contributed by atoms with Gasteiger partial charge in [-0.25, -0.2) is 8.42 Å². The molecule has 0 aliphatic heterocycles. The third-order valence-corrected chi connectivity index (χ3v) is 4.06. The van der Waals surface area contributed by atoms with Gasteiger partial charge in [0.2, 0.25) is 15.9 Å². The van der Waals surface area contributed by atoms with E-state index < -0.39 is 15.9 Å². The van der Waals surface area contributed by atoms with E-state index >= 15 is 0 Å². The highest BCUT2D eigenvalue weighted by molar-refractivity contribution is 7.88. The molecule has 0 fully saturated rings. The first-order valence-corrected chi connectivity index (χ1v) is 7.40. The van der Waals surface area contributed by atoms with Gasteiger partial charge in [0.05, 0.1) is 12.8 Å². The van der Waals surface area contributed by atoms with Crippen molar-refractivity contribution in [1.82, 2.24) is 4.31 Å². The lowest BCUT2D eigenvalue weighted by molar-refractivity contribution is -0.116. The fourth-order valence-electron chi connectivity index (χ4n) is 1.19. The molecule has 0 unspecified atom stereocenters. The van der Waals surface area contributed by atoms with Crippen LogP contribution in [0.5, 0.6) is 0 Å². The van der Waals surface area contributed by atoms with Gasteiger partial charge in [-0.1, -0.05) is 17.7 Å². The number of benzene rings is 1. The number of rotatable bonds is 4. The van der Waals surface area contributed by atoms with Crippen LogP contribution in [-0.4, -0.2) is 38.5 Å². The first kappa shape index (κ1) is 14.9. The van der Waals surface area contributed by atoms with Crippen LogP contribution in [0.15, 0.2) is 18.2 Å². The Bertz CT molecular complexity index is 557. The lowest BCUT2D eigenvalue weighted by Crippen LogP contribution is -2.34. The maximum Gasteiger partial charge on any atom is 0.239 e. The zero-order chi connectivity index (χ0) is 13.9. The van der Waals surface area contributed by atoms with E-state index in [9.17, 15) is 13.2 Å². The molecule has 0 aliphatic carbocycles. The summed E-state index contributed by atoms with van der Waals surface area (Å²) < 4.78 is 23.3. The van der Waals surface area contributed by atoms with E-state index in [1.165, 1.54) is 7.05 Å². The molecule has 0 radical (unpaired) electrons. The lowest BCUT2D eigenvalue weighted by Gasteiger charge is -2.14. The highest BCUT2D eigenvalue weighted by Gasteiger charge is 2.15. The van der Waals surface area contributed by atoms with Gasteiger partial charge in [0, 0.05) is 17.8 Å². The number of carbonyl (C=O) groups excluding carboxylic acids is 1. The van der Waals surface area contributed by atoms with Gasteiger partial charge in [-0.15, -0.1) is 0 Å². The average molecular weight is 291 g/mol. The van der Waals surface area contributed by atoms with E-state index in [2.05, 4.69) is 5.32 Å². The summed E-state index contributed by atoms with van der Waals surface area (Å²) in [5.41, 5.74) is 1.44. The Morgan fingerprint density at radius 1 is 1.44 bits per heavy atom. The highest BCUT2D eigenvalue weighted by atomic mass is 35.5. The van der Waals surface area contributed by atoms with Crippen molar-refractivity contribution in [2.45, 2.75) is 6.92 Å². The van der Waals surface area contributed by atoms with E-state index in [4.69, 9.17) is 11.6 Å². The number of hydrogen-bond acceptors (Lipinski definition) is 3. The monoisotopic (exact) mass is 290 g/mol. The number of aryl methyl sites for hydroxylation is 1. The molecule has 0 spiro atoms. The third-order valence-electron chi connectivity index (χ3n) is 2.39. The van der Waals surface area contributed by atoms with Crippen molar-refractivity contribution in [2.75, 3.05) is 25.2 Å². The van der Waals surface area contributed by atoms with Crippen LogP contribution >= 0.6 is 11.6 Å². The molecule has 0 bridgehead atoms. The molecule has 7 heteroatoms. The maximum absolute atomic E-state index is 11.6. The quantitative estimate of drug-likeness (QED) is 0.913. The Hall–Kier alpha value is -1.11. The zero-order valence-corrected chi connectivity index (χ0v) is 12.0. The van der Waals surface area contributed by atoms with Gasteiger partial charge in [0.1, 0.15) is 0 Å². The van der Waals surface area contributed by atoms with Crippen LogP contribution in [0.2, 0.25) is 5.02 Å². The summed E-state index contributed by atoms with van der Waals surface area (Å²) in [6.45, 7) is 1.62. The van der Waals surface area contributed by atoms with Crippen LogP contribution in [0.4, 0.5) is 5.69 Å². The number of halogens is 1. The molecule has 1 aromatic carbocycles. The number of nitrogens with zero attached hydrogens (tertiary/aromatic N) is 1. The number of carbonyl (C=O) groups is 1. The Balaban J connectivity index is 2.68.